The van der Waals surface area contributed by atoms with Crippen LogP contribution < -0.4 is 16.0 Å². The molecule has 0 spiro atoms. The van der Waals surface area contributed by atoms with E-state index in [1.807, 2.05) is 0 Å². The second kappa shape index (κ2) is 12.6. The highest BCUT2D eigenvalue weighted by Gasteiger charge is 2.30. The van der Waals surface area contributed by atoms with Gasteiger partial charge in [0.05, 0.1) is 12.1 Å². The van der Waals surface area contributed by atoms with Gasteiger partial charge in [0.25, 0.3) is 0 Å². The molecule has 1 aliphatic heterocycles. The summed E-state index contributed by atoms with van der Waals surface area (Å²) in [4.78, 5) is 18.6. The Kier molecular flexibility index (Phi) is 10.5. The summed E-state index contributed by atoms with van der Waals surface area (Å²) < 4.78 is 38.1. The number of carbonyl (C=O) groups excluding carboxylic acids is 1. The van der Waals surface area contributed by atoms with Crippen molar-refractivity contribution in [3.63, 3.8) is 0 Å². The molecule has 3 N–H and O–H groups in total. The zero-order valence-corrected chi connectivity index (χ0v) is 20.7. The number of nitrogens with one attached hydrogen (secondary N) is 3. The van der Waals surface area contributed by atoms with Gasteiger partial charge in [-0.2, -0.15) is 13.2 Å². The molecule has 0 aromatic heterocycles. The van der Waals surface area contributed by atoms with Crippen molar-refractivity contribution in [2.75, 3.05) is 26.7 Å². The van der Waals surface area contributed by atoms with Gasteiger partial charge >= 0.3 is 6.18 Å². The fourth-order valence-corrected chi connectivity index (χ4v) is 4.23. The second-order valence-electron chi connectivity index (χ2n) is 8.39. The molecule has 6 nitrogen and oxygen atoms in total. The second-order valence-corrected chi connectivity index (χ2v) is 8.39. The van der Waals surface area contributed by atoms with E-state index in [0.29, 0.717) is 12.5 Å². The predicted molar refractivity (Wildman–Crippen MR) is 130 cm³/mol. The molecule has 10 heteroatoms. The smallest absolute Gasteiger partial charge is 0.352 e. The summed E-state index contributed by atoms with van der Waals surface area (Å²) in [6, 6.07) is 5.79. The van der Waals surface area contributed by atoms with Gasteiger partial charge in [0.1, 0.15) is 0 Å². The average Bonchev–Trinajstić information content (AvgIpc) is 3.18. The van der Waals surface area contributed by atoms with Gasteiger partial charge in [-0.3, -0.25) is 14.7 Å². The number of hydrogen-bond acceptors (Lipinski definition) is 3. The summed E-state index contributed by atoms with van der Waals surface area (Å²) in [7, 11) is 1.67. The lowest BCUT2D eigenvalue weighted by atomic mass is 9.95. The standard InChI is InChI=1S/C22H32F3N5O.HI/c1-26-21(27-13-20(31)28-18-5-3-2-4-6-18)29-19-11-12-30(15-19)14-16-7-9-17(10-8-16)22(23,24)25;/h7-10,18-19H,2-6,11-15H2,1H3,(H,28,31)(H2,26,27,29);1H. The summed E-state index contributed by atoms with van der Waals surface area (Å²) >= 11 is 0. The lowest BCUT2D eigenvalue weighted by molar-refractivity contribution is -0.137. The Hall–Kier alpha value is -1.56. The van der Waals surface area contributed by atoms with E-state index in [0.717, 1.165) is 50.0 Å². The molecule has 32 heavy (non-hydrogen) atoms. The van der Waals surface area contributed by atoms with E-state index >= 15 is 0 Å². The minimum atomic E-state index is -4.31. The minimum Gasteiger partial charge on any atom is -0.352 e. The van der Waals surface area contributed by atoms with Crippen LogP contribution in [-0.2, 0) is 17.5 Å². The van der Waals surface area contributed by atoms with Crippen LogP contribution >= 0.6 is 24.0 Å². The maximum atomic E-state index is 12.7. The third-order valence-corrected chi connectivity index (χ3v) is 5.91. The predicted octanol–water partition coefficient (Wildman–Crippen LogP) is 3.51. The molecular weight excluding hydrogens is 534 g/mol. The number of guanidine groups is 1. The van der Waals surface area contributed by atoms with E-state index < -0.39 is 11.7 Å². The molecule has 3 rings (SSSR count). The van der Waals surface area contributed by atoms with Gasteiger partial charge in [0.15, 0.2) is 5.96 Å². The summed E-state index contributed by atoms with van der Waals surface area (Å²) in [5.41, 5.74) is 0.232. The Morgan fingerprint density at radius 3 is 2.38 bits per heavy atom. The molecule has 0 bridgehead atoms. The number of carbonyl (C=O) groups is 1. The molecule has 1 aromatic carbocycles. The SMILES string of the molecule is CN=C(NCC(=O)NC1CCCCC1)NC1CCN(Cc2ccc(C(F)(F)F)cc2)C1.I. The molecule has 2 fully saturated rings. The van der Waals surface area contributed by atoms with E-state index in [-0.39, 0.29) is 48.5 Å². The van der Waals surface area contributed by atoms with Crippen molar-refractivity contribution >= 4 is 35.8 Å². The zero-order valence-electron chi connectivity index (χ0n) is 18.4. The van der Waals surface area contributed by atoms with Crippen molar-refractivity contribution in [2.45, 2.75) is 63.3 Å². The van der Waals surface area contributed by atoms with Crippen molar-refractivity contribution in [3.8, 4) is 0 Å². The Labute approximate surface area is 204 Å². The van der Waals surface area contributed by atoms with Crippen LogP contribution in [0.4, 0.5) is 13.2 Å². The first kappa shape index (κ1) is 26.7. The zero-order chi connectivity index (χ0) is 22.3. The molecule has 1 amide bonds. The minimum absolute atomic E-state index is 0. The van der Waals surface area contributed by atoms with Crippen molar-refractivity contribution in [3.05, 3.63) is 35.4 Å². The number of aliphatic imine (C=N–C) groups is 1. The van der Waals surface area contributed by atoms with Gasteiger partial charge in [-0.25, -0.2) is 0 Å². The van der Waals surface area contributed by atoms with Gasteiger partial charge in [-0.1, -0.05) is 31.4 Å². The molecule has 180 valence electrons. The van der Waals surface area contributed by atoms with E-state index in [1.165, 1.54) is 31.4 Å². The largest absolute Gasteiger partial charge is 0.416 e. The topological polar surface area (TPSA) is 68.8 Å². The number of halogens is 4. The first-order valence-electron chi connectivity index (χ1n) is 11.0. The van der Waals surface area contributed by atoms with Crippen molar-refractivity contribution in [1.29, 1.82) is 0 Å². The third-order valence-electron chi connectivity index (χ3n) is 5.91. The Bertz CT molecular complexity index is 751. The molecule has 0 radical (unpaired) electrons. The Balaban J connectivity index is 0.00000363. The van der Waals surface area contributed by atoms with E-state index in [4.69, 9.17) is 0 Å². The van der Waals surface area contributed by atoms with Gasteiger partial charge in [0, 0.05) is 38.8 Å². The molecule has 1 aromatic rings. The Morgan fingerprint density at radius 2 is 1.75 bits per heavy atom. The fourth-order valence-electron chi connectivity index (χ4n) is 4.23. The van der Waals surface area contributed by atoms with E-state index in [1.54, 1.807) is 7.05 Å². The number of rotatable bonds is 6. The number of amides is 1. The molecule has 1 saturated carbocycles. The average molecular weight is 567 g/mol. The normalized spacial score (nSPS) is 20.5. The van der Waals surface area contributed by atoms with Gasteiger partial charge in [-0.05, 0) is 37.0 Å². The van der Waals surface area contributed by atoms with Gasteiger partial charge in [-0.15, -0.1) is 24.0 Å². The van der Waals surface area contributed by atoms with Crippen molar-refractivity contribution < 1.29 is 18.0 Å². The highest BCUT2D eigenvalue weighted by atomic mass is 127. The van der Waals surface area contributed by atoms with Gasteiger partial charge in [0.2, 0.25) is 5.91 Å². The number of likely N-dealkylation sites (tertiary alicyclic amines) is 1. The molecular formula is C22H33F3IN5O. The van der Waals surface area contributed by atoms with Crippen LogP contribution in [0.15, 0.2) is 29.3 Å². The molecule has 2 aliphatic rings. The lowest BCUT2D eigenvalue weighted by Gasteiger charge is -2.23. The van der Waals surface area contributed by atoms with Crippen LogP contribution in [0.25, 0.3) is 0 Å². The molecule has 1 unspecified atom stereocenters. The first-order chi connectivity index (χ1) is 14.8. The third kappa shape index (κ3) is 8.42. The van der Waals surface area contributed by atoms with Crippen LogP contribution in [-0.4, -0.2) is 55.5 Å². The fraction of sp³-hybridized carbons (Fsp3) is 0.636. The maximum absolute atomic E-state index is 12.7. The van der Waals surface area contributed by atoms with Crippen molar-refractivity contribution in [2.24, 2.45) is 4.99 Å². The Morgan fingerprint density at radius 1 is 1.06 bits per heavy atom. The first-order valence-corrected chi connectivity index (χ1v) is 11.0. The summed E-state index contributed by atoms with van der Waals surface area (Å²) in [6.07, 6.45) is 2.29. The van der Waals surface area contributed by atoms with Crippen LogP contribution in [0.1, 0.15) is 49.7 Å². The van der Waals surface area contributed by atoms with Crippen molar-refractivity contribution in [1.82, 2.24) is 20.9 Å². The maximum Gasteiger partial charge on any atom is 0.416 e. The van der Waals surface area contributed by atoms with Gasteiger partial charge < -0.3 is 16.0 Å². The molecule has 1 heterocycles. The quantitative estimate of drug-likeness (QED) is 0.280. The van der Waals surface area contributed by atoms with E-state index in [9.17, 15) is 18.0 Å². The number of nitrogens with zero attached hydrogens (tertiary/aromatic N) is 2. The van der Waals surface area contributed by atoms with Crippen LogP contribution in [0.5, 0.6) is 0 Å². The number of benzene rings is 1. The number of alkyl halides is 3. The highest BCUT2D eigenvalue weighted by molar-refractivity contribution is 14.0. The molecule has 1 aliphatic carbocycles. The molecule has 1 atom stereocenters. The highest BCUT2D eigenvalue weighted by Crippen LogP contribution is 2.29. The van der Waals surface area contributed by atoms with Crippen LogP contribution in [0, 0.1) is 0 Å². The number of hydrogen-bond donors (Lipinski definition) is 3. The molecule has 1 saturated heterocycles. The summed E-state index contributed by atoms with van der Waals surface area (Å²) in [5, 5.41) is 9.49. The monoisotopic (exact) mass is 567 g/mol. The van der Waals surface area contributed by atoms with E-state index in [2.05, 4.69) is 25.8 Å². The summed E-state index contributed by atoms with van der Waals surface area (Å²) in [6.45, 7) is 2.39. The van der Waals surface area contributed by atoms with Crippen LogP contribution in [0.3, 0.4) is 0 Å². The lowest BCUT2D eigenvalue weighted by Crippen LogP contribution is -2.49. The summed E-state index contributed by atoms with van der Waals surface area (Å²) in [5.74, 6) is 0.561. The van der Waals surface area contributed by atoms with Crippen LogP contribution in [0.2, 0.25) is 0 Å².